The van der Waals surface area contributed by atoms with Gasteiger partial charge in [-0.1, -0.05) is 0 Å². The molecular formula is C13H12N2O4S. The van der Waals surface area contributed by atoms with Gasteiger partial charge in [0, 0.05) is 16.7 Å². The number of aliphatic carboxylic acids is 1. The van der Waals surface area contributed by atoms with Crippen LogP contribution in [0.5, 0.6) is 0 Å². The first-order chi connectivity index (χ1) is 9.46. The minimum atomic E-state index is -0.801. The van der Waals surface area contributed by atoms with Gasteiger partial charge in [-0.15, -0.1) is 11.8 Å². The Morgan fingerprint density at radius 1 is 1.55 bits per heavy atom. The summed E-state index contributed by atoms with van der Waals surface area (Å²) in [5.74, 6) is -0.147. The predicted octanol–water partition coefficient (Wildman–Crippen LogP) is 2.81. The molecule has 0 radical (unpaired) electrons. The molecule has 0 bridgehead atoms. The van der Waals surface area contributed by atoms with Crippen molar-refractivity contribution in [2.75, 3.05) is 5.75 Å². The van der Waals surface area contributed by atoms with Crippen molar-refractivity contribution < 1.29 is 14.8 Å². The lowest BCUT2D eigenvalue weighted by molar-refractivity contribution is -0.385. The first kappa shape index (κ1) is 14.3. The van der Waals surface area contributed by atoms with Crippen LogP contribution in [0.15, 0.2) is 23.1 Å². The molecule has 0 aromatic heterocycles. The SMILES string of the molecule is N#Cc1cc(SCC2(CC(=O)O)CC2)ccc1[N+](=O)[O-]. The summed E-state index contributed by atoms with van der Waals surface area (Å²) >= 11 is 1.44. The summed E-state index contributed by atoms with van der Waals surface area (Å²) in [6, 6.07) is 6.21. The second-order valence-electron chi connectivity index (χ2n) is 4.91. The van der Waals surface area contributed by atoms with Gasteiger partial charge in [0.2, 0.25) is 0 Å². The van der Waals surface area contributed by atoms with E-state index in [9.17, 15) is 14.9 Å². The number of carbonyl (C=O) groups is 1. The van der Waals surface area contributed by atoms with E-state index in [0.29, 0.717) is 5.75 Å². The van der Waals surface area contributed by atoms with Crippen molar-refractivity contribution in [3.05, 3.63) is 33.9 Å². The number of nitrogens with zero attached hydrogens (tertiary/aromatic N) is 2. The standard InChI is InChI=1S/C13H12N2O4S/c14-7-9-5-10(1-2-11(9)15(18)19)20-8-13(3-4-13)6-12(16)17/h1-2,5H,3-4,6,8H2,(H,16,17). The van der Waals surface area contributed by atoms with E-state index in [1.807, 2.05) is 6.07 Å². The Bertz CT molecular complexity index is 605. The summed E-state index contributed by atoms with van der Waals surface area (Å²) in [5.41, 5.74) is -0.322. The Labute approximate surface area is 119 Å². The minimum Gasteiger partial charge on any atom is -0.481 e. The Kier molecular flexibility index (Phi) is 3.95. The van der Waals surface area contributed by atoms with Crippen LogP contribution in [0, 0.1) is 26.9 Å². The summed E-state index contributed by atoms with van der Waals surface area (Å²) in [4.78, 5) is 21.7. The maximum absolute atomic E-state index is 10.8. The second-order valence-corrected chi connectivity index (χ2v) is 5.96. The number of carboxylic acid groups (broad SMARTS) is 1. The fourth-order valence-electron chi connectivity index (χ4n) is 1.96. The monoisotopic (exact) mass is 292 g/mol. The van der Waals surface area contributed by atoms with E-state index in [2.05, 4.69) is 0 Å². The molecule has 1 saturated carbocycles. The Morgan fingerprint density at radius 3 is 2.75 bits per heavy atom. The highest BCUT2D eigenvalue weighted by Crippen LogP contribution is 2.52. The van der Waals surface area contributed by atoms with E-state index in [1.54, 1.807) is 6.07 Å². The molecule has 2 rings (SSSR count). The molecule has 0 atom stereocenters. The lowest BCUT2D eigenvalue weighted by Gasteiger charge is -2.11. The molecule has 104 valence electrons. The van der Waals surface area contributed by atoms with Crippen molar-refractivity contribution in [3.63, 3.8) is 0 Å². The van der Waals surface area contributed by atoms with Gasteiger partial charge in [-0.3, -0.25) is 14.9 Å². The van der Waals surface area contributed by atoms with Gasteiger partial charge in [-0.2, -0.15) is 5.26 Å². The van der Waals surface area contributed by atoms with Crippen LogP contribution < -0.4 is 0 Å². The fraction of sp³-hybridized carbons (Fsp3) is 0.385. The maximum Gasteiger partial charge on any atom is 0.303 e. The number of benzene rings is 1. The normalized spacial score (nSPS) is 15.3. The lowest BCUT2D eigenvalue weighted by Crippen LogP contribution is -2.10. The molecule has 0 heterocycles. The zero-order valence-corrected chi connectivity index (χ0v) is 11.4. The second kappa shape index (κ2) is 5.51. The number of nitro benzene ring substituents is 1. The van der Waals surface area contributed by atoms with Crippen LogP contribution in [-0.4, -0.2) is 21.8 Å². The predicted molar refractivity (Wildman–Crippen MR) is 72.5 cm³/mol. The van der Waals surface area contributed by atoms with Gasteiger partial charge in [-0.25, -0.2) is 0 Å². The van der Waals surface area contributed by atoms with Crippen LogP contribution in [0.4, 0.5) is 5.69 Å². The summed E-state index contributed by atoms with van der Waals surface area (Å²) < 4.78 is 0. The van der Waals surface area contributed by atoms with Crippen LogP contribution in [-0.2, 0) is 4.79 Å². The van der Waals surface area contributed by atoms with Crippen LogP contribution in [0.2, 0.25) is 0 Å². The number of nitro groups is 1. The van der Waals surface area contributed by atoms with Gasteiger partial charge in [0.05, 0.1) is 11.3 Å². The summed E-state index contributed by atoms with van der Waals surface area (Å²) in [7, 11) is 0. The number of hydrogen-bond acceptors (Lipinski definition) is 5. The average molecular weight is 292 g/mol. The molecule has 0 spiro atoms. The summed E-state index contributed by atoms with van der Waals surface area (Å²) in [5, 5.41) is 28.5. The molecule has 1 aromatic carbocycles. The molecule has 1 aromatic rings. The van der Waals surface area contributed by atoms with Gasteiger partial charge in [0.1, 0.15) is 11.6 Å². The third-order valence-electron chi connectivity index (χ3n) is 3.31. The molecule has 0 amide bonds. The number of hydrogen-bond donors (Lipinski definition) is 1. The summed E-state index contributed by atoms with van der Waals surface area (Å²) in [6.07, 6.45) is 1.94. The lowest BCUT2D eigenvalue weighted by atomic mass is 10.1. The first-order valence-corrected chi connectivity index (χ1v) is 6.97. The van der Waals surface area contributed by atoms with Crippen molar-refractivity contribution in [1.82, 2.24) is 0 Å². The number of carboxylic acids is 1. The maximum atomic E-state index is 10.8. The van der Waals surface area contributed by atoms with Crippen molar-refractivity contribution in [2.45, 2.75) is 24.2 Å². The zero-order chi connectivity index (χ0) is 14.8. The van der Waals surface area contributed by atoms with Gasteiger partial charge >= 0.3 is 5.97 Å². The molecule has 1 fully saturated rings. The number of rotatable bonds is 6. The van der Waals surface area contributed by atoms with E-state index >= 15 is 0 Å². The number of thioether (sulfide) groups is 1. The zero-order valence-electron chi connectivity index (χ0n) is 10.5. The largest absolute Gasteiger partial charge is 0.481 e. The van der Waals surface area contributed by atoms with Crippen molar-refractivity contribution in [1.29, 1.82) is 5.26 Å². The molecule has 1 aliphatic rings. The van der Waals surface area contributed by atoms with E-state index < -0.39 is 10.9 Å². The molecule has 6 nitrogen and oxygen atoms in total. The molecule has 1 N–H and O–H groups in total. The third-order valence-corrected chi connectivity index (χ3v) is 4.66. The average Bonchev–Trinajstić information content (AvgIpc) is 3.15. The van der Waals surface area contributed by atoms with Gasteiger partial charge in [0.15, 0.2) is 0 Å². The molecule has 0 saturated heterocycles. The van der Waals surface area contributed by atoms with E-state index in [0.717, 1.165) is 17.7 Å². The summed E-state index contributed by atoms with van der Waals surface area (Å²) in [6.45, 7) is 0. The molecule has 1 aliphatic carbocycles. The highest BCUT2D eigenvalue weighted by Gasteiger charge is 2.44. The molecule has 0 aliphatic heterocycles. The van der Waals surface area contributed by atoms with E-state index in [1.165, 1.54) is 23.9 Å². The smallest absolute Gasteiger partial charge is 0.303 e. The number of nitriles is 1. The Morgan fingerprint density at radius 2 is 2.25 bits per heavy atom. The first-order valence-electron chi connectivity index (χ1n) is 5.99. The van der Waals surface area contributed by atoms with E-state index in [-0.39, 0.29) is 23.1 Å². The molecular weight excluding hydrogens is 280 g/mol. The van der Waals surface area contributed by atoms with Crippen molar-refractivity contribution >= 4 is 23.4 Å². The highest BCUT2D eigenvalue weighted by atomic mass is 32.2. The molecule has 0 unspecified atom stereocenters. The Hall–Kier alpha value is -2.07. The Balaban J connectivity index is 2.06. The topological polar surface area (TPSA) is 104 Å². The minimum absolute atomic E-state index is 0.0306. The van der Waals surface area contributed by atoms with Gasteiger partial charge < -0.3 is 5.11 Å². The molecule has 20 heavy (non-hydrogen) atoms. The van der Waals surface area contributed by atoms with Crippen LogP contribution in [0.1, 0.15) is 24.8 Å². The van der Waals surface area contributed by atoms with Crippen LogP contribution >= 0.6 is 11.8 Å². The van der Waals surface area contributed by atoms with Crippen LogP contribution in [0.3, 0.4) is 0 Å². The quantitative estimate of drug-likeness (QED) is 0.491. The third kappa shape index (κ3) is 3.27. The van der Waals surface area contributed by atoms with Crippen molar-refractivity contribution in [3.8, 4) is 6.07 Å². The fourth-order valence-corrected chi connectivity index (χ4v) is 3.19. The molecule has 7 heteroatoms. The van der Waals surface area contributed by atoms with Gasteiger partial charge in [0.25, 0.3) is 5.69 Å². The van der Waals surface area contributed by atoms with E-state index in [4.69, 9.17) is 10.4 Å². The van der Waals surface area contributed by atoms with Gasteiger partial charge in [-0.05, 0) is 30.4 Å². The highest BCUT2D eigenvalue weighted by molar-refractivity contribution is 7.99. The van der Waals surface area contributed by atoms with Crippen molar-refractivity contribution in [2.24, 2.45) is 5.41 Å². The van der Waals surface area contributed by atoms with Crippen LogP contribution in [0.25, 0.3) is 0 Å².